The van der Waals surface area contributed by atoms with Gasteiger partial charge in [-0.05, 0) is 24.1 Å². The van der Waals surface area contributed by atoms with E-state index < -0.39 is 4.92 Å². The maximum Gasteiger partial charge on any atom is 0.269 e. The molecule has 0 radical (unpaired) electrons. The Morgan fingerprint density at radius 3 is 2.75 bits per heavy atom. The third-order valence-corrected chi connectivity index (χ3v) is 2.89. The fraction of sp³-hybridized carbons (Fsp3) is 0.125. The standard InChI is InChI=1S/C16H15NO3/c1-13(15-8-10-16(11-9-15)17(18)19)20-12-14-6-4-2-3-5-7-14/h2-4,6-11H,1,5,12H2. The van der Waals surface area contributed by atoms with Gasteiger partial charge in [0.15, 0.2) is 0 Å². The summed E-state index contributed by atoms with van der Waals surface area (Å²) in [5, 5.41) is 10.6. The van der Waals surface area contributed by atoms with Gasteiger partial charge in [0.2, 0.25) is 0 Å². The molecule has 0 fully saturated rings. The maximum atomic E-state index is 10.6. The van der Waals surface area contributed by atoms with Crippen LogP contribution in [0.5, 0.6) is 0 Å². The number of benzene rings is 1. The molecule has 0 heterocycles. The average molecular weight is 269 g/mol. The van der Waals surface area contributed by atoms with Crippen LogP contribution in [0.25, 0.3) is 5.76 Å². The topological polar surface area (TPSA) is 52.4 Å². The van der Waals surface area contributed by atoms with Gasteiger partial charge in [0, 0.05) is 17.7 Å². The summed E-state index contributed by atoms with van der Waals surface area (Å²) in [6.07, 6.45) is 11.0. The van der Waals surface area contributed by atoms with Crippen LogP contribution in [0.1, 0.15) is 12.0 Å². The molecule has 0 saturated heterocycles. The molecule has 0 atom stereocenters. The molecular formula is C16H15NO3. The lowest BCUT2D eigenvalue weighted by molar-refractivity contribution is -0.384. The van der Waals surface area contributed by atoms with E-state index in [0.29, 0.717) is 12.4 Å². The third kappa shape index (κ3) is 3.68. The van der Waals surface area contributed by atoms with Crippen LogP contribution in [-0.2, 0) is 4.74 Å². The molecule has 102 valence electrons. The first-order valence-electron chi connectivity index (χ1n) is 6.25. The molecule has 0 saturated carbocycles. The normalized spacial score (nSPS) is 13.5. The summed E-state index contributed by atoms with van der Waals surface area (Å²) in [5.74, 6) is 0.506. The summed E-state index contributed by atoms with van der Waals surface area (Å²) in [6, 6.07) is 6.16. The van der Waals surface area contributed by atoms with Crippen molar-refractivity contribution in [2.75, 3.05) is 6.61 Å². The quantitative estimate of drug-likeness (QED) is 0.461. The number of hydrogen-bond acceptors (Lipinski definition) is 3. The highest BCUT2D eigenvalue weighted by Gasteiger charge is 2.06. The minimum absolute atomic E-state index is 0.0574. The second-order valence-corrected chi connectivity index (χ2v) is 4.32. The van der Waals surface area contributed by atoms with E-state index in [4.69, 9.17) is 4.74 Å². The molecular weight excluding hydrogens is 254 g/mol. The third-order valence-electron chi connectivity index (χ3n) is 2.89. The van der Waals surface area contributed by atoms with Gasteiger partial charge in [0.1, 0.15) is 12.4 Å². The highest BCUT2D eigenvalue weighted by molar-refractivity contribution is 5.59. The monoisotopic (exact) mass is 269 g/mol. The molecule has 0 spiro atoms. The van der Waals surface area contributed by atoms with Gasteiger partial charge in [0.25, 0.3) is 5.69 Å². The van der Waals surface area contributed by atoms with Crippen LogP contribution in [0.3, 0.4) is 0 Å². The summed E-state index contributed by atoms with van der Waals surface area (Å²) in [5.41, 5.74) is 1.88. The zero-order chi connectivity index (χ0) is 14.4. The van der Waals surface area contributed by atoms with E-state index in [1.165, 1.54) is 12.1 Å². The Kier molecular flexibility index (Phi) is 4.50. The van der Waals surface area contributed by atoms with Gasteiger partial charge in [-0.1, -0.05) is 37.0 Å². The number of ether oxygens (including phenoxy) is 1. The first-order chi connectivity index (χ1) is 9.66. The van der Waals surface area contributed by atoms with E-state index in [1.54, 1.807) is 12.1 Å². The Balaban J connectivity index is 1.95. The molecule has 20 heavy (non-hydrogen) atoms. The van der Waals surface area contributed by atoms with Crippen LogP contribution in [0.15, 0.2) is 66.8 Å². The van der Waals surface area contributed by atoms with Gasteiger partial charge in [-0.15, -0.1) is 0 Å². The Hall–Kier alpha value is -2.62. The number of nitrogens with zero attached hydrogens (tertiary/aromatic N) is 1. The van der Waals surface area contributed by atoms with Gasteiger partial charge in [0.05, 0.1) is 4.92 Å². The minimum atomic E-state index is -0.429. The van der Waals surface area contributed by atoms with Crippen LogP contribution < -0.4 is 0 Å². The van der Waals surface area contributed by atoms with E-state index in [0.717, 1.165) is 17.6 Å². The number of nitro benzene ring substituents is 1. The number of allylic oxidation sites excluding steroid dienone is 4. The van der Waals surface area contributed by atoms with Gasteiger partial charge < -0.3 is 4.74 Å². The molecule has 1 aromatic carbocycles. The zero-order valence-corrected chi connectivity index (χ0v) is 11.0. The van der Waals surface area contributed by atoms with E-state index in [9.17, 15) is 10.1 Å². The van der Waals surface area contributed by atoms with E-state index in [2.05, 4.69) is 18.7 Å². The number of rotatable bonds is 5. The van der Waals surface area contributed by atoms with Gasteiger partial charge in [-0.2, -0.15) is 0 Å². The predicted molar refractivity (Wildman–Crippen MR) is 79.1 cm³/mol. The molecule has 4 nitrogen and oxygen atoms in total. The predicted octanol–water partition coefficient (Wildman–Crippen LogP) is 4.02. The molecule has 1 aromatic rings. The summed E-state index contributed by atoms with van der Waals surface area (Å²) in [4.78, 5) is 10.1. The average Bonchev–Trinajstić information content (AvgIpc) is 2.73. The lowest BCUT2D eigenvalue weighted by Crippen LogP contribution is -1.96. The van der Waals surface area contributed by atoms with Crippen molar-refractivity contribution in [2.24, 2.45) is 0 Å². The van der Waals surface area contributed by atoms with Crippen molar-refractivity contribution in [1.82, 2.24) is 0 Å². The lowest BCUT2D eigenvalue weighted by Gasteiger charge is -2.09. The van der Waals surface area contributed by atoms with Crippen molar-refractivity contribution in [3.63, 3.8) is 0 Å². The molecule has 1 aliphatic rings. The van der Waals surface area contributed by atoms with Gasteiger partial charge in [-0.25, -0.2) is 0 Å². The number of non-ortho nitro benzene ring substituents is 1. The maximum absolute atomic E-state index is 10.6. The van der Waals surface area contributed by atoms with E-state index in [1.807, 2.05) is 18.2 Å². The minimum Gasteiger partial charge on any atom is -0.489 e. The van der Waals surface area contributed by atoms with Crippen molar-refractivity contribution >= 4 is 11.4 Å². The summed E-state index contributed by atoms with van der Waals surface area (Å²) >= 11 is 0. The largest absolute Gasteiger partial charge is 0.489 e. The van der Waals surface area contributed by atoms with Crippen LogP contribution in [0.2, 0.25) is 0 Å². The highest BCUT2D eigenvalue weighted by atomic mass is 16.6. The molecule has 0 amide bonds. The molecule has 2 rings (SSSR count). The van der Waals surface area contributed by atoms with Crippen molar-refractivity contribution in [1.29, 1.82) is 0 Å². The highest BCUT2D eigenvalue weighted by Crippen LogP contribution is 2.19. The Labute approximate surface area is 117 Å². The van der Waals surface area contributed by atoms with Crippen molar-refractivity contribution in [3.8, 4) is 0 Å². The lowest BCUT2D eigenvalue weighted by atomic mass is 10.2. The van der Waals surface area contributed by atoms with Crippen molar-refractivity contribution < 1.29 is 9.66 Å². The van der Waals surface area contributed by atoms with E-state index in [-0.39, 0.29) is 5.69 Å². The number of nitro groups is 1. The molecule has 4 heteroatoms. The van der Waals surface area contributed by atoms with Crippen LogP contribution in [0.4, 0.5) is 5.69 Å². The Morgan fingerprint density at radius 2 is 2.05 bits per heavy atom. The molecule has 0 bridgehead atoms. The summed E-state index contributed by atoms with van der Waals surface area (Å²) < 4.78 is 5.61. The molecule has 0 unspecified atom stereocenters. The molecule has 0 aromatic heterocycles. The summed E-state index contributed by atoms with van der Waals surface area (Å²) in [7, 11) is 0. The Bertz CT molecular complexity index is 595. The van der Waals surface area contributed by atoms with Gasteiger partial charge in [-0.3, -0.25) is 10.1 Å². The van der Waals surface area contributed by atoms with Crippen LogP contribution in [0, 0.1) is 10.1 Å². The SMILES string of the molecule is C=C(OCC1=CCC=CC=C1)c1ccc([N+](=O)[O-])cc1. The number of hydrogen-bond donors (Lipinski definition) is 0. The second kappa shape index (κ2) is 6.52. The fourth-order valence-electron chi connectivity index (χ4n) is 1.75. The van der Waals surface area contributed by atoms with Crippen molar-refractivity contribution in [3.05, 3.63) is 82.5 Å². The first-order valence-corrected chi connectivity index (χ1v) is 6.25. The van der Waals surface area contributed by atoms with Gasteiger partial charge >= 0.3 is 0 Å². The zero-order valence-electron chi connectivity index (χ0n) is 11.0. The van der Waals surface area contributed by atoms with E-state index >= 15 is 0 Å². The fourth-order valence-corrected chi connectivity index (χ4v) is 1.75. The molecule has 0 aliphatic heterocycles. The van der Waals surface area contributed by atoms with Crippen molar-refractivity contribution in [2.45, 2.75) is 6.42 Å². The van der Waals surface area contributed by atoms with Crippen LogP contribution in [-0.4, -0.2) is 11.5 Å². The summed E-state index contributed by atoms with van der Waals surface area (Å²) in [6.45, 7) is 4.29. The van der Waals surface area contributed by atoms with Crippen LogP contribution >= 0.6 is 0 Å². The Morgan fingerprint density at radius 1 is 1.30 bits per heavy atom. The smallest absolute Gasteiger partial charge is 0.269 e. The first kappa shape index (κ1) is 13.8. The second-order valence-electron chi connectivity index (χ2n) is 4.32. The molecule has 1 aliphatic carbocycles. The molecule has 0 N–H and O–H groups in total.